The molecule has 6 rings (SSSR count). The van der Waals surface area contributed by atoms with Crippen LogP contribution in [0.3, 0.4) is 0 Å². The largest absolute Gasteiger partial charge is 0.459 e. The molecule has 18 atom stereocenters. The van der Waals surface area contributed by atoms with Crippen molar-refractivity contribution in [2.75, 3.05) is 33.9 Å². The quantitative estimate of drug-likeness (QED) is 0.0376. The summed E-state index contributed by atoms with van der Waals surface area (Å²) in [4.78, 5) is 32.8. The highest BCUT2D eigenvalue weighted by Crippen LogP contribution is 2.56. The van der Waals surface area contributed by atoms with Gasteiger partial charge in [-0.15, -0.1) is 0 Å². The van der Waals surface area contributed by atoms with Gasteiger partial charge in [0.1, 0.15) is 53.2 Å². The molecule has 1 amide bonds. The minimum atomic E-state index is -2.01. The topological polar surface area (TPSA) is 215 Å². The summed E-state index contributed by atoms with van der Waals surface area (Å²) in [6.07, 6.45) is 5.26. The van der Waals surface area contributed by atoms with E-state index in [0.717, 1.165) is 57.5 Å². The first-order valence-corrected chi connectivity index (χ1v) is 33.0. The minimum absolute atomic E-state index is 0.0709. The van der Waals surface area contributed by atoms with Crippen LogP contribution in [0.15, 0.2) is 73.1 Å². The van der Waals surface area contributed by atoms with E-state index >= 15 is 0 Å². The van der Waals surface area contributed by atoms with Crippen molar-refractivity contribution in [3.05, 3.63) is 73.1 Å². The molecule has 5 N–H and O–H groups in total. The van der Waals surface area contributed by atoms with Crippen LogP contribution in [0.2, 0.25) is 0 Å². The smallest absolute Gasteiger partial charge is 0.311 e. The predicted octanol–water partition coefficient (Wildman–Crippen LogP) is 7.43. The Kier molecular flexibility index (Phi) is 25.2. The monoisotopic (exact) mass is 1180 g/mol. The van der Waals surface area contributed by atoms with Crippen LogP contribution in [0.4, 0.5) is 0 Å². The summed E-state index contributed by atoms with van der Waals surface area (Å²) in [5.41, 5.74) is -4.80. The van der Waals surface area contributed by atoms with Crippen LogP contribution >= 0.6 is 7.26 Å². The van der Waals surface area contributed by atoms with Crippen molar-refractivity contribution < 1.29 is 63.5 Å². The van der Waals surface area contributed by atoms with Crippen LogP contribution in [-0.2, 0) is 45.1 Å². The van der Waals surface area contributed by atoms with E-state index < -0.39 is 109 Å². The third-order valence-electron chi connectivity index (χ3n) is 18.6. The molecule has 3 aromatic rings. The number of carbonyl (C=O) groups excluding carboxylic acids is 2. The van der Waals surface area contributed by atoms with Gasteiger partial charge in [-0.05, 0) is 131 Å². The van der Waals surface area contributed by atoms with Crippen LogP contribution in [0.25, 0.3) is 0 Å². The summed E-state index contributed by atoms with van der Waals surface area (Å²) in [6.45, 7) is 17.4. The molecule has 0 radical (unpaired) electrons. The molecule has 83 heavy (non-hydrogen) atoms. The van der Waals surface area contributed by atoms with Crippen molar-refractivity contribution in [2.45, 2.75) is 249 Å². The fraction of sp³-hybridized carbons (Fsp3) is 0.738. The number of hydrogen-bond donors (Lipinski definition) is 5. The maximum absolute atomic E-state index is 14.7. The van der Waals surface area contributed by atoms with Crippen molar-refractivity contribution in [1.82, 2.24) is 19.6 Å². The van der Waals surface area contributed by atoms with E-state index in [0.29, 0.717) is 12.8 Å². The Bertz CT molecular complexity index is 2390. The molecule has 1 aromatic heterocycles. The van der Waals surface area contributed by atoms with Crippen molar-refractivity contribution in [3.63, 3.8) is 0 Å². The van der Waals surface area contributed by atoms with Gasteiger partial charge >= 0.3 is 5.97 Å². The number of aryl methyl sites for hydroxylation is 1. The molecule has 4 heterocycles. The molecule has 0 aliphatic carbocycles. The summed E-state index contributed by atoms with van der Waals surface area (Å²) < 4.78 is 40.2. The van der Waals surface area contributed by atoms with E-state index in [4.69, 9.17) is 28.4 Å². The fourth-order valence-electron chi connectivity index (χ4n) is 13.7. The minimum Gasteiger partial charge on any atom is -0.459 e. The van der Waals surface area contributed by atoms with Crippen LogP contribution in [0.1, 0.15) is 159 Å². The van der Waals surface area contributed by atoms with Crippen LogP contribution in [-0.4, -0.2) is 181 Å². The number of rotatable bonds is 22. The number of amides is 1. The number of hydrogen-bond acceptors (Lipinski definition) is 15. The lowest BCUT2D eigenvalue weighted by atomic mass is 9.77. The Hall–Kier alpha value is -3.42. The van der Waals surface area contributed by atoms with E-state index in [2.05, 4.69) is 78.2 Å². The third-order valence-corrected chi connectivity index (χ3v) is 23.1. The van der Waals surface area contributed by atoms with Gasteiger partial charge in [0.05, 0.1) is 66.1 Å². The zero-order valence-corrected chi connectivity index (χ0v) is 53.5. The number of aliphatic hydroxyl groups excluding tert-OH is 3. The number of likely N-dealkylation sites (N-methyl/N-ethyl adjacent to an activating group) is 1. The number of methoxy groups -OCH3 is 1. The highest BCUT2D eigenvalue weighted by molar-refractivity contribution is 7.95. The molecule has 3 aliphatic heterocycles. The van der Waals surface area contributed by atoms with Crippen molar-refractivity contribution >= 4 is 35.1 Å². The summed E-state index contributed by atoms with van der Waals surface area (Å²) in [5, 5.41) is 69.2. The number of aromatic nitrogens is 2. The maximum Gasteiger partial charge on any atom is 0.311 e. The summed E-state index contributed by atoms with van der Waals surface area (Å²) >= 11 is 0. The molecule has 0 bridgehead atoms. The highest BCUT2D eigenvalue weighted by Gasteiger charge is 2.53. The molecule has 2 aromatic carbocycles. The lowest BCUT2D eigenvalue weighted by Crippen LogP contribution is -2.60. The number of carbonyl (C=O) groups is 2. The van der Waals surface area contributed by atoms with Crippen LogP contribution in [0, 0.1) is 17.8 Å². The Morgan fingerprint density at radius 3 is 1.92 bits per heavy atom. The lowest BCUT2D eigenvalue weighted by molar-refractivity contribution is -0.318. The Labute approximate surface area is 497 Å². The second-order valence-electron chi connectivity index (χ2n) is 25.8. The van der Waals surface area contributed by atoms with Crippen LogP contribution in [0.5, 0.6) is 0 Å². The number of nitrogens with zero attached hydrogens (tertiary/aromatic N) is 4. The predicted molar refractivity (Wildman–Crippen MR) is 326 cm³/mol. The Morgan fingerprint density at radius 1 is 0.795 bits per heavy atom. The van der Waals surface area contributed by atoms with Gasteiger partial charge in [0.2, 0.25) is 5.91 Å². The maximum atomic E-state index is 14.7. The molecule has 3 fully saturated rings. The summed E-state index contributed by atoms with van der Waals surface area (Å²) in [6, 6.07) is 20.7. The Morgan fingerprint density at radius 2 is 1.37 bits per heavy atom. The molecular formula is C65H106N4O13P+. The van der Waals surface area contributed by atoms with Gasteiger partial charge in [0.15, 0.2) is 12.6 Å². The van der Waals surface area contributed by atoms with E-state index in [1.165, 1.54) is 29.9 Å². The lowest BCUT2D eigenvalue weighted by Gasteiger charge is -2.48. The zero-order valence-electron chi connectivity index (χ0n) is 52.6. The first kappa shape index (κ1) is 68.7. The first-order chi connectivity index (χ1) is 39.2. The van der Waals surface area contributed by atoms with Gasteiger partial charge < -0.3 is 63.8 Å². The van der Waals surface area contributed by atoms with E-state index in [1.807, 2.05) is 44.6 Å². The summed E-state index contributed by atoms with van der Waals surface area (Å²) in [7, 11) is 5.35. The number of cyclic esters (lactones) is 1. The second kappa shape index (κ2) is 30.5. The first-order valence-electron chi connectivity index (χ1n) is 31.0. The molecule has 0 unspecified atom stereocenters. The number of ether oxygens (including phenoxy) is 6. The molecule has 0 spiro atoms. The van der Waals surface area contributed by atoms with Crippen molar-refractivity contribution in [2.24, 2.45) is 24.8 Å². The van der Waals surface area contributed by atoms with E-state index in [9.17, 15) is 35.1 Å². The second-order valence-corrected chi connectivity index (χ2v) is 29.4. The Balaban J connectivity index is 1.15. The molecule has 468 valence electrons. The van der Waals surface area contributed by atoms with E-state index in [1.54, 1.807) is 53.4 Å². The average molecular weight is 1180 g/mol. The number of aliphatic hydroxyl groups is 5. The normalized spacial score (nSPS) is 35.4. The van der Waals surface area contributed by atoms with Crippen molar-refractivity contribution in [3.8, 4) is 0 Å². The fourth-order valence-corrected chi connectivity index (χ4v) is 18.0. The standard InChI is InChI=1S/C65H106N4O13P/c1-15-53-65(10,76)58(72)47(6)69(54(70)35-29-21-19-17-16-18-20-22-30-36-83(49-31-25-23-26-32-49,50-33-27-24-28-34-50)51-40-66-68(13)42-51)41-43(2)38-63(8,75)60(82-62-56(71)52(67(11)12)37-44(3)78-62)45(4)57(46(5)61(74)80-53)81-55-39-64(9,77-14)59(73)48(7)79-55/h23-28,31-34,40,42-48,52-53,55-60,62,71-73,75-76H,15-22,29-30,35-39,41H2,1-14H3/q+1/t43-,44-,45+,46-,47-,48+,52+,53-,55+,56-,57+,58-,59+,60-,62+,63-,64-,65-/m1/s1. The van der Waals surface area contributed by atoms with Gasteiger partial charge in [-0.3, -0.25) is 14.3 Å². The highest BCUT2D eigenvalue weighted by atomic mass is 31.2. The van der Waals surface area contributed by atoms with Gasteiger partial charge in [-0.2, -0.15) is 5.10 Å². The van der Waals surface area contributed by atoms with Crippen LogP contribution < -0.4 is 15.9 Å². The van der Waals surface area contributed by atoms with Crippen molar-refractivity contribution in [1.29, 1.82) is 0 Å². The van der Waals surface area contributed by atoms with Gasteiger partial charge in [0.25, 0.3) is 0 Å². The van der Waals surface area contributed by atoms with Gasteiger partial charge in [-0.25, -0.2) is 0 Å². The molecule has 3 aliphatic rings. The number of benzene rings is 2. The number of unbranched alkanes of at least 4 members (excludes halogenated alkanes) is 8. The molecule has 0 saturated carbocycles. The molecule has 3 saturated heterocycles. The van der Waals surface area contributed by atoms with E-state index in [-0.39, 0.29) is 50.3 Å². The SMILES string of the molecule is CC[C@H]1OC(=O)[C@H](C)[C@@H](O[C@H]2C[C@@](C)(OC)[C@@H](O)[C@H](C)O2)[C@H](C)[C@@H](O[C@@H]2O[C@H](C)C[C@H](N(C)C)[C@H]2O)[C@](C)(O)C[C@@H](C)CN(C(=O)CCCCCCCCCCC[P+](c2ccccc2)(c2ccccc2)c2cnn(C)c2)[C@H](C)[C@@H](O)[C@]1(C)O. The molecule has 18 heteroatoms. The zero-order chi connectivity index (χ0) is 61.0. The molecular weight excluding hydrogens is 1080 g/mol. The summed E-state index contributed by atoms with van der Waals surface area (Å²) in [5.74, 6) is -3.28. The molecule has 17 nitrogen and oxygen atoms in total. The third kappa shape index (κ3) is 16.8. The number of esters is 1. The van der Waals surface area contributed by atoms with Gasteiger partial charge in [-0.1, -0.05) is 95.7 Å². The average Bonchev–Trinajstić information content (AvgIpc) is 4.11. The van der Waals surface area contributed by atoms with Gasteiger partial charge in [0, 0.05) is 45.5 Å².